The van der Waals surface area contributed by atoms with Gasteiger partial charge in [0.2, 0.25) is 0 Å². The van der Waals surface area contributed by atoms with E-state index in [1.807, 2.05) is 6.92 Å². The second-order valence-corrected chi connectivity index (χ2v) is 5.74. The second-order valence-electron chi connectivity index (χ2n) is 5.74. The van der Waals surface area contributed by atoms with Crippen LogP contribution in [0.15, 0.2) is 11.6 Å². The van der Waals surface area contributed by atoms with Gasteiger partial charge in [-0.1, -0.05) is 33.3 Å². The Hall–Kier alpha value is -1.25. The highest BCUT2D eigenvalue weighted by Gasteiger charge is 2.31. The largest absolute Gasteiger partial charge is 0.299 e. The summed E-state index contributed by atoms with van der Waals surface area (Å²) in [5, 5.41) is 0. The van der Waals surface area contributed by atoms with Gasteiger partial charge in [0.1, 0.15) is 5.78 Å². The number of hydrogen-bond donors (Lipinski definition) is 0. The molecule has 106 valence electrons. The molecule has 1 unspecified atom stereocenters. The van der Waals surface area contributed by atoms with E-state index in [0.29, 0.717) is 18.8 Å². The summed E-state index contributed by atoms with van der Waals surface area (Å²) in [7, 11) is 0. The highest BCUT2D eigenvalue weighted by Crippen LogP contribution is 2.25. The van der Waals surface area contributed by atoms with Crippen LogP contribution in [0.2, 0.25) is 0 Å². The van der Waals surface area contributed by atoms with Gasteiger partial charge in [-0.2, -0.15) is 0 Å². The maximum atomic E-state index is 12.0. The van der Waals surface area contributed by atoms with Gasteiger partial charge in [-0.05, 0) is 18.8 Å². The standard InChI is InChI=1S/C16H24O3/c1-4-5-6-15(18)13-9-12(10-16(13)19)14(17)8-7-11(2)3/h9,11-12H,4-8,10H2,1-3H3. The highest BCUT2D eigenvalue weighted by molar-refractivity contribution is 6.22. The maximum absolute atomic E-state index is 12.0. The van der Waals surface area contributed by atoms with Crippen molar-refractivity contribution in [1.29, 1.82) is 0 Å². The Bertz CT molecular complexity index is 391. The van der Waals surface area contributed by atoms with Crippen molar-refractivity contribution in [2.24, 2.45) is 11.8 Å². The van der Waals surface area contributed by atoms with Gasteiger partial charge in [-0.25, -0.2) is 0 Å². The molecule has 0 spiro atoms. The SMILES string of the molecule is CCCCC(=O)C1=CC(C(=O)CCC(C)C)CC1=O. The average molecular weight is 264 g/mol. The van der Waals surface area contributed by atoms with E-state index < -0.39 is 0 Å². The lowest BCUT2D eigenvalue weighted by Crippen LogP contribution is -2.12. The predicted octanol–water partition coefficient (Wildman–Crippen LogP) is 3.27. The normalized spacial score (nSPS) is 18.8. The number of hydrogen-bond acceptors (Lipinski definition) is 3. The molecule has 0 saturated carbocycles. The summed E-state index contributed by atoms with van der Waals surface area (Å²) in [6.45, 7) is 6.15. The van der Waals surface area contributed by atoms with E-state index in [4.69, 9.17) is 0 Å². The molecule has 0 radical (unpaired) electrons. The van der Waals surface area contributed by atoms with E-state index >= 15 is 0 Å². The van der Waals surface area contributed by atoms with E-state index in [0.717, 1.165) is 19.3 Å². The lowest BCUT2D eigenvalue weighted by Gasteiger charge is -2.06. The van der Waals surface area contributed by atoms with E-state index in [2.05, 4.69) is 13.8 Å². The molecular weight excluding hydrogens is 240 g/mol. The van der Waals surface area contributed by atoms with E-state index in [1.54, 1.807) is 6.08 Å². The zero-order chi connectivity index (χ0) is 14.4. The van der Waals surface area contributed by atoms with E-state index in [9.17, 15) is 14.4 Å². The molecule has 1 aliphatic rings. The Morgan fingerprint density at radius 2 is 2.00 bits per heavy atom. The number of rotatable bonds is 8. The monoisotopic (exact) mass is 264 g/mol. The number of unbranched alkanes of at least 4 members (excludes halogenated alkanes) is 1. The number of allylic oxidation sites excluding steroid dienone is 2. The van der Waals surface area contributed by atoms with Crippen molar-refractivity contribution in [3.63, 3.8) is 0 Å². The molecule has 0 fully saturated rings. The fourth-order valence-electron chi connectivity index (χ4n) is 2.21. The van der Waals surface area contributed by atoms with E-state index in [-0.39, 0.29) is 35.3 Å². The van der Waals surface area contributed by atoms with Gasteiger partial charge >= 0.3 is 0 Å². The van der Waals surface area contributed by atoms with Gasteiger partial charge in [0.25, 0.3) is 0 Å². The lowest BCUT2D eigenvalue weighted by atomic mass is 9.96. The van der Waals surface area contributed by atoms with Gasteiger partial charge < -0.3 is 0 Å². The quantitative estimate of drug-likeness (QED) is 0.632. The molecule has 0 aliphatic heterocycles. The molecule has 1 aliphatic carbocycles. The first-order chi connectivity index (χ1) is 8.95. The molecule has 0 aromatic heterocycles. The van der Waals surface area contributed by atoms with Crippen molar-refractivity contribution in [3.8, 4) is 0 Å². The summed E-state index contributed by atoms with van der Waals surface area (Å²) < 4.78 is 0. The van der Waals surface area contributed by atoms with Crippen LogP contribution in [0.3, 0.4) is 0 Å². The van der Waals surface area contributed by atoms with Crippen molar-refractivity contribution in [3.05, 3.63) is 11.6 Å². The third-order valence-corrected chi connectivity index (χ3v) is 3.51. The minimum Gasteiger partial charge on any atom is -0.299 e. The molecule has 0 heterocycles. The second kappa shape index (κ2) is 7.37. The fourth-order valence-corrected chi connectivity index (χ4v) is 2.21. The van der Waals surface area contributed by atoms with Crippen molar-refractivity contribution < 1.29 is 14.4 Å². The van der Waals surface area contributed by atoms with Crippen molar-refractivity contribution in [2.45, 2.75) is 59.3 Å². The van der Waals surface area contributed by atoms with Crippen LogP contribution < -0.4 is 0 Å². The molecule has 19 heavy (non-hydrogen) atoms. The molecule has 0 aromatic rings. The first-order valence-electron chi connectivity index (χ1n) is 7.26. The van der Waals surface area contributed by atoms with Gasteiger partial charge in [-0.15, -0.1) is 0 Å². The summed E-state index contributed by atoms with van der Waals surface area (Å²) in [6.07, 6.45) is 5.31. The van der Waals surface area contributed by atoms with Crippen LogP contribution in [0.4, 0.5) is 0 Å². The molecule has 0 aromatic carbocycles. The van der Waals surface area contributed by atoms with Gasteiger partial charge in [0.15, 0.2) is 11.6 Å². The number of Topliss-reactive ketones (excluding diaryl/α,β-unsaturated/α-hetero) is 3. The van der Waals surface area contributed by atoms with Crippen LogP contribution in [0.1, 0.15) is 59.3 Å². The van der Waals surface area contributed by atoms with Crippen LogP contribution in [0.5, 0.6) is 0 Å². The molecule has 0 saturated heterocycles. The van der Waals surface area contributed by atoms with Crippen LogP contribution in [0, 0.1) is 11.8 Å². The lowest BCUT2D eigenvalue weighted by molar-refractivity contribution is -0.125. The Morgan fingerprint density at radius 1 is 1.32 bits per heavy atom. The number of carbonyl (C=O) groups is 3. The summed E-state index contributed by atoms with van der Waals surface area (Å²) in [5.41, 5.74) is 0.274. The average Bonchev–Trinajstić information content (AvgIpc) is 2.75. The Labute approximate surface area is 115 Å². The van der Waals surface area contributed by atoms with Crippen molar-refractivity contribution in [2.75, 3.05) is 0 Å². The number of ketones is 3. The van der Waals surface area contributed by atoms with E-state index in [1.165, 1.54) is 0 Å². The van der Waals surface area contributed by atoms with Crippen molar-refractivity contribution >= 4 is 17.3 Å². The molecule has 3 heteroatoms. The topological polar surface area (TPSA) is 51.2 Å². The third-order valence-electron chi connectivity index (χ3n) is 3.51. The molecule has 1 rings (SSSR count). The molecule has 1 atom stereocenters. The summed E-state index contributed by atoms with van der Waals surface area (Å²) >= 11 is 0. The predicted molar refractivity (Wildman–Crippen MR) is 74.8 cm³/mol. The summed E-state index contributed by atoms with van der Waals surface area (Å²) in [5.74, 6) is -0.0159. The molecular formula is C16H24O3. The minimum absolute atomic E-state index is 0.0917. The smallest absolute Gasteiger partial charge is 0.167 e. The van der Waals surface area contributed by atoms with Crippen LogP contribution in [0.25, 0.3) is 0 Å². The zero-order valence-corrected chi connectivity index (χ0v) is 12.2. The Kier molecular flexibility index (Phi) is 6.13. The van der Waals surface area contributed by atoms with Crippen LogP contribution in [-0.2, 0) is 14.4 Å². The van der Waals surface area contributed by atoms with Gasteiger partial charge in [-0.3, -0.25) is 14.4 Å². The maximum Gasteiger partial charge on any atom is 0.167 e. The Balaban J connectivity index is 2.60. The number of carbonyl (C=O) groups excluding carboxylic acids is 3. The van der Waals surface area contributed by atoms with Crippen LogP contribution in [-0.4, -0.2) is 17.3 Å². The first kappa shape index (κ1) is 15.8. The van der Waals surface area contributed by atoms with Gasteiger partial charge in [0.05, 0.1) is 5.57 Å². The minimum atomic E-state index is -0.355. The summed E-state index contributed by atoms with van der Waals surface area (Å²) in [4.78, 5) is 35.6. The molecule has 0 bridgehead atoms. The van der Waals surface area contributed by atoms with Crippen molar-refractivity contribution in [1.82, 2.24) is 0 Å². The highest BCUT2D eigenvalue weighted by atomic mass is 16.2. The Morgan fingerprint density at radius 3 is 2.58 bits per heavy atom. The summed E-state index contributed by atoms with van der Waals surface area (Å²) in [6, 6.07) is 0. The third kappa shape index (κ3) is 4.73. The first-order valence-corrected chi connectivity index (χ1v) is 7.26. The zero-order valence-electron chi connectivity index (χ0n) is 12.2. The fraction of sp³-hybridized carbons (Fsp3) is 0.688. The molecule has 0 amide bonds. The van der Waals surface area contributed by atoms with Crippen LogP contribution >= 0.6 is 0 Å². The van der Waals surface area contributed by atoms with Gasteiger partial charge in [0, 0.05) is 25.2 Å². The molecule has 0 N–H and O–H groups in total. The molecule has 3 nitrogen and oxygen atoms in total.